The van der Waals surface area contributed by atoms with Gasteiger partial charge in [0.15, 0.2) is 0 Å². The number of nitrogens with two attached hydrogens (primary N) is 1. The summed E-state index contributed by atoms with van der Waals surface area (Å²) in [6.07, 6.45) is -1.55. The van der Waals surface area contributed by atoms with Crippen LogP contribution in [0.15, 0.2) is 47.4 Å². The number of nitrogens with one attached hydrogen (secondary N) is 4. The summed E-state index contributed by atoms with van der Waals surface area (Å²) >= 11 is 0. The molecule has 0 spiro atoms. The lowest BCUT2D eigenvalue weighted by Gasteiger charge is -2.33. The molecule has 41 heavy (non-hydrogen) atoms. The molecule has 12 nitrogen and oxygen atoms in total. The van der Waals surface area contributed by atoms with Gasteiger partial charge in [0.2, 0.25) is 26.0 Å². The number of alkyl halides is 3. The number of anilines is 1. The number of sulfonamides is 2. The third-order valence-electron chi connectivity index (χ3n) is 6.17. The molecule has 0 aromatic heterocycles. The van der Waals surface area contributed by atoms with Crippen LogP contribution in [0.4, 0.5) is 18.9 Å². The fraction of sp³-hybridized carbons (Fsp3) is 0.375. The molecule has 2 aromatic carbocycles. The van der Waals surface area contributed by atoms with Gasteiger partial charge in [-0.1, -0.05) is 12.8 Å². The average Bonchev–Trinajstić information content (AvgIpc) is 2.86. The SMILES string of the molecule is CS(=O)(=O)Nc1ccc(C(F)(F)F)cc1C(=O)NCC(=O)NC1CCCCC1NC(=O)c1ccc(S(N)(=O)=O)cc1. The number of rotatable bonds is 9. The van der Waals surface area contributed by atoms with Crippen molar-refractivity contribution in [1.29, 1.82) is 0 Å². The maximum atomic E-state index is 13.2. The van der Waals surface area contributed by atoms with Crippen LogP contribution in [0.2, 0.25) is 0 Å². The van der Waals surface area contributed by atoms with Gasteiger partial charge in [-0.05, 0) is 55.3 Å². The van der Waals surface area contributed by atoms with Crippen LogP contribution in [0.25, 0.3) is 0 Å². The van der Waals surface area contributed by atoms with Crippen LogP contribution in [0, 0.1) is 0 Å². The number of hydrogen-bond acceptors (Lipinski definition) is 7. The van der Waals surface area contributed by atoms with E-state index in [4.69, 9.17) is 5.14 Å². The Morgan fingerprint density at radius 2 is 1.49 bits per heavy atom. The van der Waals surface area contributed by atoms with Gasteiger partial charge >= 0.3 is 6.18 Å². The molecule has 1 saturated carbocycles. The van der Waals surface area contributed by atoms with E-state index in [-0.39, 0.29) is 10.5 Å². The minimum atomic E-state index is -4.80. The molecule has 3 rings (SSSR count). The summed E-state index contributed by atoms with van der Waals surface area (Å²) in [5.41, 5.74) is -2.05. The predicted molar refractivity (Wildman–Crippen MR) is 142 cm³/mol. The van der Waals surface area contributed by atoms with Gasteiger partial charge in [-0.15, -0.1) is 0 Å². The molecule has 1 aliphatic rings. The van der Waals surface area contributed by atoms with Crippen LogP contribution in [0.3, 0.4) is 0 Å². The highest BCUT2D eigenvalue weighted by molar-refractivity contribution is 7.92. The Bertz CT molecular complexity index is 1530. The van der Waals surface area contributed by atoms with E-state index in [0.29, 0.717) is 25.0 Å². The first-order valence-electron chi connectivity index (χ1n) is 12.1. The van der Waals surface area contributed by atoms with Gasteiger partial charge in [-0.3, -0.25) is 19.1 Å². The zero-order valence-electron chi connectivity index (χ0n) is 21.6. The number of amides is 3. The lowest BCUT2D eigenvalue weighted by atomic mass is 9.90. The number of halogens is 3. The second-order valence-electron chi connectivity index (χ2n) is 9.42. The highest BCUT2D eigenvalue weighted by atomic mass is 32.2. The topological polar surface area (TPSA) is 194 Å². The number of carbonyl (C=O) groups is 3. The molecule has 1 aliphatic carbocycles. The summed E-state index contributed by atoms with van der Waals surface area (Å²) in [5.74, 6) is -2.32. The van der Waals surface area contributed by atoms with E-state index in [9.17, 15) is 44.4 Å². The normalized spacial score (nSPS) is 17.8. The molecular formula is C24H28F3N5O7S2. The smallest absolute Gasteiger partial charge is 0.350 e. The molecule has 2 aromatic rings. The Morgan fingerprint density at radius 1 is 0.902 bits per heavy atom. The summed E-state index contributed by atoms with van der Waals surface area (Å²) in [6, 6.07) is 5.83. The van der Waals surface area contributed by atoms with Gasteiger partial charge < -0.3 is 16.0 Å². The Morgan fingerprint density at radius 3 is 2.02 bits per heavy atom. The lowest BCUT2D eigenvalue weighted by Crippen LogP contribution is -2.54. The Labute approximate surface area is 234 Å². The summed E-state index contributed by atoms with van der Waals surface area (Å²) in [6.45, 7) is -0.639. The van der Waals surface area contributed by atoms with Crippen LogP contribution >= 0.6 is 0 Å². The van der Waals surface area contributed by atoms with Crippen molar-refractivity contribution in [3.63, 3.8) is 0 Å². The monoisotopic (exact) mass is 619 g/mol. The van der Waals surface area contributed by atoms with Crippen molar-refractivity contribution >= 4 is 43.5 Å². The summed E-state index contributed by atoms with van der Waals surface area (Å²) in [4.78, 5) is 37.9. The first kappa shape index (κ1) is 31.8. The van der Waals surface area contributed by atoms with Crippen molar-refractivity contribution in [2.24, 2.45) is 5.14 Å². The number of primary sulfonamides is 1. The largest absolute Gasteiger partial charge is 0.416 e. The molecule has 0 heterocycles. The molecule has 0 radical (unpaired) electrons. The molecule has 0 saturated heterocycles. The van der Waals surface area contributed by atoms with Crippen LogP contribution in [0.1, 0.15) is 52.0 Å². The number of hydrogen-bond donors (Lipinski definition) is 5. The van der Waals surface area contributed by atoms with E-state index in [1.807, 2.05) is 4.72 Å². The molecule has 224 valence electrons. The van der Waals surface area contributed by atoms with E-state index in [2.05, 4.69) is 16.0 Å². The third kappa shape index (κ3) is 9.15. The zero-order valence-corrected chi connectivity index (χ0v) is 23.3. The van der Waals surface area contributed by atoms with Crippen LogP contribution < -0.4 is 25.8 Å². The van der Waals surface area contributed by atoms with Crippen molar-refractivity contribution in [3.05, 3.63) is 59.2 Å². The highest BCUT2D eigenvalue weighted by Gasteiger charge is 2.32. The van der Waals surface area contributed by atoms with Crippen molar-refractivity contribution in [1.82, 2.24) is 16.0 Å². The van der Waals surface area contributed by atoms with Crippen molar-refractivity contribution in [2.75, 3.05) is 17.5 Å². The fourth-order valence-electron chi connectivity index (χ4n) is 4.23. The quantitative estimate of drug-likeness (QED) is 0.279. The second kappa shape index (κ2) is 12.4. The van der Waals surface area contributed by atoms with Crippen molar-refractivity contribution in [2.45, 2.75) is 48.8 Å². The molecule has 1 fully saturated rings. The number of benzene rings is 2. The van der Waals surface area contributed by atoms with E-state index in [1.165, 1.54) is 24.3 Å². The Kier molecular flexibility index (Phi) is 9.66. The number of carbonyl (C=O) groups excluding carboxylic acids is 3. The highest BCUT2D eigenvalue weighted by Crippen LogP contribution is 2.32. The first-order valence-corrected chi connectivity index (χ1v) is 15.6. The van der Waals surface area contributed by atoms with Crippen molar-refractivity contribution in [3.8, 4) is 0 Å². The summed E-state index contributed by atoms with van der Waals surface area (Å²) in [5, 5.41) is 12.7. The minimum Gasteiger partial charge on any atom is -0.350 e. The third-order valence-corrected chi connectivity index (χ3v) is 7.69. The van der Waals surface area contributed by atoms with Gasteiger partial charge in [0.25, 0.3) is 11.8 Å². The predicted octanol–water partition coefficient (Wildman–Crippen LogP) is 1.31. The molecule has 2 atom stereocenters. The zero-order chi connectivity index (χ0) is 30.6. The summed E-state index contributed by atoms with van der Waals surface area (Å²) in [7, 11) is -7.87. The molecule has 2 unspecified atom stereocenters. The molecule has 0 aliphatic heterocycles. The van der Waals surface area contributed by atoms with E-state index < -0.39 is 79.4 Å². The van der Waals surface area contributed by atoms with Gasteiger partial charge in [-0.25, -0.2) is 22.0 Å². The van der Waals surface area contributed by atoms with Crippen LogP contribution in [-0.4, -0.2) is 59.4 Å². The van der Waals surface area contributed by atoms with E-state index in [0.717, 1.165) is 25.2 Å². The standard InChI is InChI=1S/C24H28F3N5O7S2/c1-40(36,37)32-18-11-8-15(24(25,26)27)12-17(18)23(35)29-13-21(33)30-19-4-2-3-5-20(19)31-22(34)14-6-9-16(10-7-14)41(28,38)39/h6-12,19-20,32H,2-5,13H2,1H3,(H,29,35)(H,30,33)(H,31,34)(H2,28,38,39). The fourth-order valence-corrected chi connectivity index (χ4v) is 5.33. The van der Waals surface area contributed by atoms with Gasteiger partial charge in [0.05, 0.1) is 34.5 Å². The molecular weight excluding hydrogens is 591 g/mol. The maximum Gasteiger partial charge on any atom is 0.416 e. The Hall–Kier alpha value is -3.70. The maximum absolute atomic E-state index is 13.2. The first-order chi connectivity index (χ1) is 18.9. The van der Waals surface area contributed by atoms with Gasteiger partial charge in [-0.2, -0.15) is 13.2 Å². The van der Waals surface area contributed by atoms with Crippen molar-refractivity contribution < 1.29 is 44.4 Å². The van der Waals surface area contributed by atoms with Gasteiger partial charge in [0.1, 0.15) is 0 Å². The van der Waals surface area contributed by atoms with Gasteiger partial charge in [0, 0.05) is 17.6 Å². The second-order valence-corrected chi connectivity index (χ2v) is 12.7. The van der Waals surface area contributed by atoms with E-state index in [1.54, 1.807) is 0 Å². The summed E-state index contributed by atoms with van der Waals surface area (Å²) < 4.78 is 87.6. The molecule has 3 amide bonds. The average molecular weight is 620 g/mol. The molecule has 6 N–H and O–H groups in total. The van der Waals surface area contributed by atoms with Crippen LogP contribution in [0.5, 0.6) is 0 Å². The van der Waals surface area contributed by atoms with Crippen LogP contribution in [-0.2, 0) is 31.0 Å². The lowest BCUT2D eigenvalue weighted by molar-refractivity contribution is -0.137. The molecule has 0 bridgehead atoms. The van der Waals surface area contributed by atoms with E-state index >= 15 is 0 Å². The Balaban J connectivity index is 1.65. The minimum absolute atomic E-state index is 0.164. The molecule has 17 heteroatoms.